The number of carbonyl (C=O) groups is 1. The molecule has 7 nitrogen and oxygen atoms in total. The second kappa shape index (κ2) is 8.59. The second-order valence-electron chi connectivity index (χ2n) is 5.41. The maximum absolute atomic E-state index is 12.5. The van der Waals surface area contributed by atoms with E-state index in [1.165, 1.54) is 46.9 Å². The van der Waals surface area contributed by atoms with E-state index in [9.17, 15) is 18.3 Å². The Morgan fingerprint density at radius 1 is 1.15 bits per heavy atom. The molecule has 26 heavy (non-hydrogen) atoms. The first-order valence-electron chi connectivity index (χ1n) is 8.11. The molecule has 0 saturated heterocycles. The maximum atomic E-state index is 12.5. The summed E-state index contributed by atoms with van der Waals surface area (Å²) in [7, 11) is -3.63. The topological polar surface area (TPSA) is 99.1 Å². The van der Waals surface area contributed by atoms with Crippen molar-refractivity contribution in [1.82, 2.24) is 9.73 Å². The standard InChI is InChI=1S/C18H21N3O4S/c1-3-21(4-2)26(24,25)17-7-5-6-15(12-17)18(23)20-19-13-14-8-10-16(22)11-9-14/h5-13,22H,3-4H2,1-2H3,(H,20,23)/b19-13+. The molecule has 0 spiro atoms. The molecule has 8 heteroatoms. The summed E-state index contributed by atoms with van der Waals surface area (Å²) in [6, 6.07) is 12.1. The van der Waals surface area contributed by atoms with Gasteiger partial charge in [-0.25, -0.2) is 13.8 Å². The van der Waals surface area contributed by atoms with Gasteiger partial charge in [-0.15, -0.1) is 0 Å². The molecule has 0 fully saturated rings. The summed E-state index contributed by atoms with van der Waals surface area (Å²) >= 11 is 0. The van der Waals surface area contributed by atoms with Crippen LogP contribution in [0.25, 0.3) is 0 Å². The van der Waals surface area contributed by atoms with Gasteiger partial charge < -0.3 is 5.11 Å². The highest BCUT2D eigenvalue weighted by Crippen LogP contribution is 2.17. The molecule has 1 amide bonds. The van der Waals surface area contributed by atoms with Gasteiger partial charge >= 0.3 is 0 Å². The predicted molar refractivity (Wildman–Crippen MR) is 99.7 cm³/mol. The van der Waals surface area contributed by atoms with E-state index in [0.717, 1.165) is 0 Å². The third-order valence-corrected chi connectivity index (χ3v) is 5.76. The first kappa shape index (κ1) is 19.6. The van der Waals surface area contributed by atoms with Crippen molar-refractivity contribution in [1.29, 1.82) is 0 Å². The monoisotopic (exact) mass is 375 g/mol. The summed E-state index contributed by atoms with van der Waals surface area (Å²) in [5.74, 6) is -0.381. The first-order chi connectivity index (χ1) is 12.4. The van der Waals surface area contributed by atoms with Crippen molar-refractivity contribution < 1.29 is 18.3 Å². The summed E-state index contributed by atoms with van der Waals surface area (Å²) in [5, 5.41) is 13.1. The highest BCUT2D eigenvalue weighted by molar-refractivity contribution is 7.89. The summed E-state index contributed by atoms with van der Waals surface area (Å²) < 4.78 is 26.4. The van der Waals surface area contributed by atoms with Crippen LogP contribution in [0.1, 0.15) is 29.8 Å². The Bertz CT molecular complexity index is 889. The fourth-order valence-electron chi connectivity index (χ4n) is 2.30. The number of phenols is 1. The van der Waals surface area contributed by atoms with E-state index in [0.29, 0.717) is 18.7 Å². The molecular weight excluding hydrogens is 354 g/mol. The molecule has 0 radical (unpaired) electrons. The maximum Gasteiger partial charge on any atom is 0.271 e. The minimum absolute atomic E-state index is 0.0661. The van der Waals surface area contributed by atoms with Gasteiger partial charge in [0, 0.05) is 18.7 Å². The number of hydrogen-bond acceptors (Lipinski definition) is 5. The second-order valence-corrected chi connectivity index (χ2v) is 7.35. The quantitative estimate of drug-likeness (QED) is 0.572. The van der Waals surface area contributed by atoms with Gasteiger partial charge in [0.25, 0.3) is 5.91 Å². The van der Waals surface area contributed by atoms with Crippen LogP contribution in [0.4, 0.5) is 0 Å². The normalized spacial score (nSPS) is 11.8. The Balaban J connectivity index is 2.14. The molecule has 138 valence electrons. The largest absolute Gasteiger partial charge is 0.508 e. The van der Waals surface area contributed by atoms with Crippen molar-refractivity contribution in [2.24, 2.45) is 5.10 Å². The Hall–Kier alpha value is -2.71. The number of nitrogens with zero attached hydrogens (tertiary/aromatic N) is 2. The number of phenolic OH excluding ortho intramolecular Hbond substituents is 1. The molecule has 0 bridgehead atoms. The van der Waals surface area contributed by atoms with Gasteiger partial charge in [0.15, 0.2) is 0 Å². The van der Waals surface area contributed by atoms with E-state index < -0.39 is 15.9 Å². The smallest absolute Gasteiger partial charge is 0.271 e. The van der Waals surface area contributed by atoms with Crippen molar-refractivity contribution in [3.63, 3.8) is 0 Å². The highest BCUT2D eigenvalue weighted by atomic mass is 32.2. The average molecular weight is 375 g/mol. The van der Waals surface area contributed by atoms with Gasteiger partial charge in [0.05, 0.1) is 11.1 Å². The zero-order valence-electron chi connectivity index (χ0n) is 14.6. The highest BCUT2D eigenvalue weighted by Gasteiger charge is 2.22. The van der Waals surface area contributed by atoms with Gasteiger partial charge in [-0.3, -0.25) is 4.79 Å². The Kier molecular flexibility index (Phi) is 6.48. The molecule has 2 aromatic rings. The molecule has 0 unspecified atom stereocenters. The zero-order valence-corrected chi connectivity index (χ0v) is 15.4. The molecule has 2 rings (SSSR count). The number of hydrogen-bond donors (Lipinski definition) is 2. The van der Waals surface area contributed by atoms with Gasteiger partial charge in [0.2, 0.25) is 10.0 Å². The van der Waals surface area contributed by atoms with Crippen molar-refractivity contribution in [3.8, 4) is 5.75 Å². The lowest BCUT2D eigenvalue weighted by Gasteiger charge is -2.18. The van der Waals surface area contributed by atoms with Crippen LogP contribution in [0.5, 0.6) is 5.75 Å². The lowest BCUT2D eigenvalue weighted by atomic mass is 10.2. The number of carbonyl (C=O) groups excluding carboxylic acids is 1. The van der Waals surface area contributed by atoms with Crippen LogP contribution in [0.15, 0.2) is 58.5 Å². The molecule has 2 aromatic carbocycles. The van der Waals surface area contributed by atoms with Crippen LogP contribution in [0, 0.1) is 0 Å². The Labute approximate surface area is 153 Å². The van der Waals surface area contributed by atoms with Crippen LogP contribution < -0.4 is 5.43 Å². The lowest BCUT2D eigenvalue weighted by Crippen LogP contribution is -2.30. The number of aromatic hydroxyl groups is 1. The third-order valence-electron chi connectivity index (χ3n) is 3.71. The van der Waals surface area contributed by atoms with Crippen LogP contribution in [0.3, 0.4) is 0 Å². The summed E-state index contributed by atoms with van der Waals surface area (Å²) in [6.45, 7) is 4.23. The number of amides is 1. The number of nitrogens with one attached hydrogen (secondary N) is 1. The van der Waals surface area contributed by atoms with Gasteiger partial charge in [-0.1, -0.05) is 19.9 Å². The first-order valence-corrected chi connectivity index (χ1v) is 9.55. The molecule has 0 heterocycles. The van der Waals surface area contributed by atoms with Crippen LogP contribution >= 0.6 is 0 Å². The molecule has 0 aliphatic rings. The minimum Gasteiger partial charge on any atom is -0.508 e. The Morgan fingerprint density at radius 2 is 1.81 bits per heavy atom. The predicted octanol–water partition coefficient (Wildman–Crippen LogP) is 2.19. The number of benzene rings is 2. The minimum atomic E-state index is -3.63. The Morgan fingerprint density at radius 3 is 2.42 bits per heavy atom. The number of hydrazone groups is 1. The third kappa shape index (κ3) is 4.68. The fraction of sp³-hybridized carbons (Fsp3) is 0.222. The van der Waals surface area contributed by atoms with E-state index >= 15 is 0 Å². The number of sulfonamides is 1. The number of rotatable bonds is 7. The molecule has 0 aliphatic carbocycles. The zero-order chi connectivity index (χ0) is 19.2. The summed E-state index contributed by atoms with van der Waals surface area (Å²) in [5.41, 5.74) is 3.25. The molecular formula is C18H21N3O4S. The molecule has 0 atom stereocenters. The van der Waals surface area contributed by atoms with Crippen LogP contribution in [-0.2, 0) is 10.0 Å². The SMILES string of the molecule is CCN(CC)S(=O)(=O)c1cccc(C(=O)N/N=C/c2ccc(O)cc2)c1. The van der Waals surface area contributed by atoms with E-state index in [-0.39, 0.29) is 16.2 Å². The van der Waals surface area contributed by atoms with E-state index in [2.05, 4.69) is 10.5 Å². The van der Waals surface area contributed by atoms with Crippen LogP contribution in [0.2, 0.25) is 0 Å². The van der Waals surface area contributed by atoms with Crippen LogP contribution in [-0.4, -0.2) is 43.0 Å². The van der Waals surface area contributed by atoms with Gasteiger partial charge in [0.1, 0.15) is 5.75 Å². The van der Waals surface area contributed by atoms with Gasteiger partial charge in [-0.2, -0.15) is 9.41 Å². The van der Waals surface area contributed by atoms with E-state index in [1.807, 2.05) is 0 Å². The van der Waals surface area contributed by atoms with Gasteiger partial charge in [-0.05, 0) is 48.0 Å². The summed E-state index contributed by atoms with van der Waals surface area (Å²) in [6.07, 6.45) is 1.42. The van der Waals surface area contributed by atoms with Crippen molar-refractivity contribution in [2.75, 3.05) is 13.1 Å². The van der Waals surface area contributed by atoms with E-state index in [1.54, 1.807) is 26.0 Å². The van der Waals surface area contributed by atoms with Crippen molar-refractivity contribution in [2.45, 2.75) is 18.7 Å². The molecule has 0 saturated carbocycles. The average Bonchev–Trinajstić information content (AvgIpc) is 2.64. The van der Waals surface area contributed by atoms with Crippen molar-refractivity contribution in [3.05, 3.63) is 59.7 Å². The summed E-state index contributed by atoms with van der Waals surface area (Å²) in [4.78, 5) is 12.3. The molecule has 0 aromatic heterocycles. The molecule has 0 aliphatic heterocycles. The van der Waals surface area contributed by atoms with Crippen molar-refractivity contribution >= 4 is 22.1 Å². The molecule has 2 N–H and O–H groups in total. The lowest BCUT2D eigenvalue weighted by molar-refractivity contribution is 0.0955. The fourth-order valence-corrected chi connectivity index (χ4v) is 3.81. The van der Waals surface area contributed by atoms with E-state index in [4.69, 9.17) is 0 Å².